The number of nitrogens with zero attached hydrogens (tertiary/aromatic N) is 3. The summed E-state index contributed by atoms with van der Waals surface area (Å²) in [6.07, 6.45) is 4.31. The first kappa shape index (κ1) is 15.3. The summed E-state index contributed by atoms with van der Waals surface area (Å²) in [6, 6.07) is 6.79. The van der Waals surface area contributed by atoms with Gasteiger partial charge in [-0.2, -0.15) is 0 Å². The van der Waals surface area contributed by atoms with Crippen LogP contribution in [0, 0.1) is 6.92 Å². The second-order valence-corrected chi connectivity index (χ2v) is 6.15. The molecule has 1 aromatic carbocycles. The van der Waals surface area contributed by atoms with Gasteiger partial charge in [0, 0.05) is 16.6 Å². The highest BCUT2D eigenvalue weighted by Gasteiger charge is 2.14. The van der Waals surface area contributed by atoms with Crippen LogP contribution in [0.2, 0.25) is 0 Å². The molecule has 0 radical (unpaired) electrons. The van der Waals surface area contributed by atoms with E-state index in [0.29, 0.717) is 0 Å². The maximum Gasteiger partial charge on any atom is 0.335 e. The Labute approximate surface area is 137 Å². The van der Waals surface area contributed by atoms with Gasteiger partial charge in [0.15, 0.2) is 0 Å². The molecule has 0 aliphatic heterocycles. The predicted molar refractivity (Wildman–Crippen MR) is 89.7 cm³/mol. The molecule has 116 valence electrons. The topological polar surface area (TPSA) is 76.0 Å². The SMILES string of the molecule is CCc1sc(-c2cnc(C)cn2)nc1-c1ccc(C(=O)O)cc1. The number of carbonyl (C=O) groups is 1. The molecule has 23 heavy (non-hydrogen) atoms. The third-order valence-corrected chi connectivity index (χ3v) is 4.65. The second kappa shape index (κ2) is 6.26. The summed E-state index contributed by atoms with van der Waals surface area (Å²) in [5.74, 6) is -0.929. The lowest BCUT2D eigenvalue weighted by atomic mass is 10.1. The maximum atomic E-state index is 11.0. The molecule has 2 heterocycles. The maximum absolute atomic E-state index is 11.0. The van der Waals surface area contributed by atoms with Crippen molar-refractivity contribution < 1.29 is 9.90 Å². The first-order valence-electron chi connectivity index (χ1n) is 7.21. The number of benzene rings is 1. The van der Waals surface area contributed by atoms with E-state index in [1.54, 1.807) is 48.0 Å². The monoisotopic (exact) mass is 325 g/mol. The molecule has 0 unspecified atom stereocenters. The molecule has 6 heteroatoms. The Hall–Kier alpha value is -2.60. The van der Waals surface area contributed by atoms with Crippen LogP contribution in [0.4, 0.5) is 0 Å². The highest BCUT2D eigenvalue weighted by atomic mass is 32.1. The molecule has 0 spiro atoms. The van der Waals surface area contributed by atoms with Gasteiger partial charge < -0.3 is 5.11 Å². The number of aryl methyl sites for hydroxylation is 2. The molecule has 0 amide bonds. The number of carboxylic acid groups (broad SMARTS) is 1. The third-order valence-electron chi connectivity index (χ3n) is 3.42. The molecular weight excluding hydrogens is 310 g/mol. The first-order valence-corrected chi connectivity index (χ1v) is 8.02. The summed E-state index contributed by atoms with van der Waals surface area (Å²) in [5, 5.41) is 9.82. The number of hydrogen-bond donors (Lipinski definition) is 1. The van der Waals surface area contributed by atoms with Gasteiger partial charge in [-0.25, -0.2) is 9.78 Å². The Balaban J connectivity index is 2.02. The Morgan fingerprint density at radius 1 is 1.17 bits per heavy atom. The Morgan fingerprint density at radius 3 is 2.48 bits per heavy atom. The van der Waals surface area contributed by atoms with Gasteiger partial charge >= 0.3 is 5.97 Å². The third kappa shape index (κ3) is 3.12. The quantitative estimate of drug-likeness (QED) is 0.789. The predicted octanol–water partition coefficient (Wildman–Crippen LogP) is 3.84. The average molecular weight is 325 g/mol. The summed E-state index contributed by atoms with van der Waals surface area (Å²) < 4.78 is 0. The first-order chi connectivity index (χ1) is 11.1. The largest absolute Gasteiger partial charge is 0.478 e. The van der Waals surface area contributed by atoms with Gasteiger partial charge in [-0.05, 0) is 25.5 Å². The van der Waals surface area contributed by atoms with E-state index in [9.17, 15) is 4.79 Å². The fourth-order valence-electron chi connectivity index (χ4n) is 2.20. The van der Waals surface area contributed by atoms with Crippen molar-refractivity contribution in [1.29, 1.82) is 0 Å². The summed E-state index contributed by atoms with van der Waals surface area (Å²) >= 11 is 1.59. The molecule has 0 saturated carbocycles. The molecule has 0 saturated heterocycles. The minimum atomic E-state index is -0.929. The van der Waals surface area contributed by atoms with Crippen LogP contribution >= 0.6 is 11.3 Å². The van der Waals surface area contributed by atoms with E-state index in [1.807, 2.05) is 6.92 Å². The summed E-state index contributed by atoms with van der Waals surface area (Å²) in [5.41, 5.74) is 3.68. The van der Waals surface area contributed by atoms with Crippen molar-refractivity contribution in [2.75, 3.05) is 0 Å². The second-order valence-electron chi connectivity index (χ2n) is 5.07. The Kier molecular flexibility index (Phi) is 4.16. The van der Waals surface area contributed by atoms with Crippen LogP contribution in [0.1, 0.15) is 27.9 Å². The van der Waals surface area contributed by atoms with Crippen LogP contribution in [-0.4, -0.2) is 26.0 Å². The summed E-state index contributed by atoms with van der Waals surface area (Å²) in [4.78, 5) is 25.4. The van der Waals surface area contributed by atoms with E-state index in [4.69, 9.17) is 10.1 Å². The smallest absolute Gasteiger partial charge is 0.335 e. The van der Waals surface area contributed by atoms with Crippen LogP contribution in [0.5, 0.6) is 0 Å². The van der Waals surface area contributed by atoms with E-state index in [-0.39, 0.29) is 5.56 Å². The lowest BCUT2D eigenvalue weighted by Gasteiger charge is -2.01. The molecule has 1 N–H and O–H groups in total. The standard InChI is InChI=1S/C17H15N3O2S/c1-3-14-15(11-4-6-12(7-5-11)17(21)22)20-16(23-14)13-9-18-10(2)8-19-13/h4-9H,3H2,1-2H3,(H,21,22). The van der Waals surface area contributed by atoms with Gasteiger partial charge in [0.25, 0.3) is 0 Å². The zero-order chi connectivity index (χ0) is 16.4. The number of aromatic carboxylic acids is 1. The highest BCUT2D eigenvalue weighted by molar-refractivity contribution is 7.15. The molecule has 0 aliphatic carbocycles. The van der Waals surface area contributed by atoms with Crippen LogP contribution in [0.25, 0.3) is 22.0 Å². The lowest BCUT2D eigenvalue weighted by molar-refractivity contribution is 0.0697. The molecule has 0 aliphatic rings. The zero-order valence-corrected chi connectivity index (χ0v) is 13.6. The van der Waals surface area contributed by atoms with E-state index >= 15 is 0 Å². The van der Waals surface area contributed by atoms with Crippen molar-refractivity contribution in [2.45, 2.75) is 20.3 Å². The van der Waals surface area contributed by atoms with Crippen LogP contribution < -0.4 is 0 Å². The van der Waals surface area contributed by atoms with Crippen molar-refractivity contribution in [3.05, 3.63) is 52.8 Å². The molecule has 0 atom stereocenters. The number of aromatic nitrogens is 3. The van der Waals surface area contributed by atoms with Gasteiger partial charge in [0.05, 0.1) is 23.1 Å². The van der Waals surface area contributed by atoms with E-state index < -0.39 is 5.97 Å². The number of hydrogen-bond acceptors (Lipinski definition) is 5. The highest BCUT2D eigenvalue weighted by Crippen LogP contribution is 2.33. The van der Waals surface area contributed by atoms with Crippen molar-refractivity contribution in [3.8, 4) is 22.0 Å². The zero-order valence-electron chi connectivity index (χ0n) is 12.8. The fraction of sp³-hybridized carbons (Fsp3) is 0.176. The van der Waals surface area contributed by atoms with Gasteiger partial charge in [0.1, 0.15) is 10.7 Å². The van der Waals surface area contributed by atoms with Crippen LogP contribution in [0.3, 0.4) is 0 Å². The number of rotatable bonds is 4. The van der Waals surface area contributed by atoms with Crippen LogP contribution in [-0.2, 0) is 6.42 Å². The molecule has 3 aromatic rings. The van der Waals surface area contributed by atoms with Crippen molar-refractivity contribution >= 4 is 17.3 Å². The van der Waals surface area contributed by atoms with Gasteiger partial charge in [-0.15, -0.1) is 11.3 Å². The summed E-state index contributed by atoms with van der Waals surface area (Å²) in [6.45, 7) is 3.97. The minimum Gasteiger partial charge on any atom is -0.478 e. The molecular formula is C17H15N3O2S. The van der Waals surface area contributed by atoms with Crippen molar-refractivity contribution in [2.24, 2.45) is 0 Å². The average Bonchev–Trinajstić information content (AvgIpc) is 3.00. The molecule has 3 rings (SSSR count). The molecule has 2 aromatic heterocycles. The normalized spacial score (nSPS) is 10.7. The minimum absolute atomic E-state index is 0.270. The van der Waals surface area contributed by atoms with E-state index in [2.05, 4.69) is 16.9 Å². The molecule has 0 fully saturated rings. The van der Waals surface area contributed by atoms with Gasteiger partial charge in [-0.1, -0.05) is 19.1 Å². The summed E-state index contributed by atoms with van der Waals surface area (Å²) in [7, 11) is 0. The molecule has 5 nitrogen and oxygen atoms in total. The Morgan fingerprint density at radius 2 is 1.91 bits per heavy atom. The fourth-order valence-corrected chi connectivity index (χ4v) is 3.18. The van der Waals surface area contributed by atoms with E-state index in [1.165, 1.54) is 0 Å². The van der Waals surface area contributed by atoms with Gasteiger partial charge in [-0.3, -0.25) is 9.97 Å². The van der Waals surface area contributed by atoms with E-state index in [0.717, 1.165) is 39.0 Å². The van der Waals surface area contributed by atoms with Crippen molar-refractivity contribution in [1.82, 2.24) is 15.0 Å². The Bertz CT molecular complexity index is 839. The van der Waals surface area contributed by atoms with Crippen LogP contribution in [0.15, 0.2) is 36.7 Å². The number of carboxylic acids is 1. The van der Waals surface area contributed by atoms with Gasteiger partial charge in [0.2, 0.25) is 0 Å². The van der Waals surface area contributed by atoms with Crippen molar-refractivity contribution in [3.63, 3.8) is 0 Å². The lowest BCUT2D eigenvalue weighted by Crippen LogP contribution is -1.95. The molecule has 0 bridgehead atoms. The number of thiazole rings is 1.